The van der Waals surface area contributed by atoms with Crippen molar-refractivity contribution < 1.29 is 14.1 Å². The zero-order chi connectivity index (χ0) is 10.4. The van der Waals surface area contributed by atoms with Gasteiger partial charge in [-0.05, 0) is 18.6 Å². The lowest BCUT2D eigenvalue weighted by atomic mass is 10.2. The molecule has 1 aromatic carbocycles. The molecule has 0 spiro atoms. The Kier molecular flexibility index (Phi) is 4.75. The zero-order valence-electron chi connectivity index (χ0n) is 8.37. The Balaban J connectivity index is 2.70. The summed E-state index contributed by atoms with van der Waals surface area (Å²) in [6.45, 7) is 1.97. The first kappa shape index (κ1) is 11.3. The SMILES string of the molecule is CNOOSc1cccc(C)c1OC. The minimum Gasteiger partial charge on any atom is -0.495 e. The minimum atomic E-state index is 0.803. The first-order chi connectivity index (χ1) is 6.79. The van der Waals surface area contributed by atoms with Crippen LogP contribution in [0, 0.1) is 6.92 Å². The largest absolute Gasteiger partial charge is 0.495 e. The highest BCUT2D eigenvalue weighted by Crippen LogP contribution is 2.32. The maximum Gasteiger partial charge on any atom is 0.137 e. The van der Waals surface area contributed by atoms with Gasteiger partial charge in [-0.15, -0.1) is 9.32 Å². The molecular formula is C9H13NO3S. The summed E-state index contributed by atoms with van der Waals surface area (Å²) in [4.78, 5) is 5.41. The van der Waals surface area contributed by atoms with E-state index >= 15 is 0 Å². The van der Waals surface area contributed by atoms with Crippen molar-refractivity contribution in [1.29, 1.82) is 0 Å². The predicted octanol–water partition coefficient (Wildman–Crippen LogP) is 2.09. The van der Waals surface area contributed by atoms with Crippen LogP contribution in [0.4, 0.5) is 0 Å². The number of hydroxylamine groups is 1. The van der Waals surface area contributed by atoms with Gasteiger partial charge in [0.1, 0.15) is 5.75 Å². The molecule has 1 aromatic rings. The Morgan fingerprint density at radius 2 is 2.14 bits per heavy atom. The molecule has 4 nitrogen and oxygen atoms in total. The monoisotopic (exact) mass is 215 g/mol. The third-order valence-corrected chi connectivity index (χ3v) is 2.26. The van der Waals surface area contributed by atoms with E-state index in [2.05, 4.69) is 10.5 Å². The van der Waals surface area contributed by atoms with Crippen LogP contribution in [0.25, 0.3) is 0 Å². The molecule has 0 bridgehead atoms. The summed E-state index contributed by atoms with van der Waals surface area (Å²) >= 11 is 1.10. The number of hydrogen-bond acceptors (Lipinski definition) is 5. The molecule has 14 heavy (non-hydrogen) atoms. The molecule has 5 heteroatoms. The molecule has 0 aromatic heterocycles. The summed E-state index contributed by atoms with van der Waals surface area (Å²) in [5.41, 5.74) is 3.47. The summed E-state index contributed by atoms with van der Waals surface area (Å²) in [6.07, 6.45) is 0. The molecule has 0 radical (unpaired) electrons. The Bertz CT molecular complexity index is 293. The van der Waals surface area contributed by atoms with Gasteiger partial charge in [-0.3, -0.25) is 0 Å². The maximum absolute atomic E-state index is 5.23. The molecule has 0 aliphatic heterocycles. The summed E-state index contributed by atoms with van der Waals surface area (Å²) < 4.78 is 10.0. The van der Waals surface area contributed by atoms with Gasteiger partial charge >= 0.3 is 0 Å². The molecule has 0 heterocycles. The van der Waals surface area contributed by atoms with Gasteiger partial charge in [0.15, 0.2) is 0 Å². The number of methoxy groups -OCH3 is 1. The number of rotatable bonds is 5. The minimum absolute atomic E-state index is 0.803. The highest BCUT2D eigenvalue weighted by molar-refractivity contribution is 7.94. The summed E-state index contributed by atoms with van der Waals surface area (Å²) in [7, 11) is 3.25. The highest BCUT2D eigenvalue weighted by Gasteiger charge is 2.06. The van der Waals surface area contributed by atoms with Gasteiger partial charge in [-0.1, -0.05) is 12.1 Å². The predicted molar refractivity (Wildman–Crippen MR) is 54.8 cm³/mol. The van der Waals surface area contributed by atoms with Crippen LogP contribution in [-0.2, 0) is 9.32 Å². The van der Waals surface area contributed by atoms with E-state index in [4.69, 9.17) is 9.07 Å². The van der Waals surface area contributed by atoms with E-state index in [-0.39, 0.29) is 0 Å². The van der Waals surface area contributed by atoms with Crippen molar-refractivity contribution in [2.45, 2.75) is 11.8 Å². The lowest BCUT2D eigenvalue weighted by molar-refractivity contribution is -0.238. The van der Waals surface area contributed by atoms with Crippen molar-refractivity contribution in [3.8, 4) is 5.75 Å². The van der Waals surface area contributed by atoms with Crippen molar-refractivity contribution in [2.75, 3.05) is 14.2 Å². The van der Waals surface area contributed by atoms with Gasteiger partial charge in [-0.2, -0.15) is 5.48 Å². The fourth-order valence-corrected chi connectivity index (χ4v) is 1.67. The van der Waals surface area contributed by atoms with Crippen LogP contribution < -0.4 is 10.2 Å². The zero-order valence-corrected chi connectivity index (χ0v) is 9.18. The Morgan fingerprint density at radius 1 is 1.36 bits per heavy atom. The Hall–Kier alpha value is -0.750. The average molecular weight is 215 g/mol. The number of aryl methyl sites for hydroxylation is 1. The van der Waals surface area contributed by atoms with Crippen molar-refractivity contribution in [2.24, 2.45) is 0 Å². The molecule has 0 fully saturated rings. The van der Waals surface area contributed by atoms with Crippen LogP contribution in [0.15, 0.2) is 23.1 Å². The number of ether oxygens (including phenoxy) is 1. The van der Waals surface area contributed by atoms with Crippen molar-refractivity contribution in [3.63, 3.8) is 0 Å². The normalized spacial score (nSPS) is 10.2. The van der Waals surface area contributed by atoms with Crippen LogP contribution in [0.2, 0.25) is 0 Å². The summed E-state index contributed by atoms with van der Waals surface area (Å²) in [5, 5.41) is 0. The molecule has 0 atom stereocenters. The quantitative estimate of drug-likeness (QED) is 0.352. The van der Waals surface area contributed by atoms with E-state index < -0.39 is 0 Å². The third-order valence-electron chi connectivity index (χ3n) is 1.62. The average Bonchev–Trinajstić information content (AvgIpc) is 2.18. The number of hydrogen-bond donors (Lipinski definition) is 1. The van der Waals surface area contributed by atoms with E-state index in [9.17, 15) is 0 Å². The molecule has 0 unspecified atom stereocenters. The standard InChI is InChI=1S/C9H13NO3S/c1-7-5-4-6-8(9(7)11-3)14-13-12-10-2/h4-6,10H,1-3H3. The van der Waals surface area contributed by atoms with Gasteiger partial charge in [-0.25, -0.2) is 0 Å². The van der Waals surface area contributed by atoms with Gasteiger partial charge in [0, 0.05) is 7.05 Å². The van der Waals surface area contributed by atoms with Gasteiger partial charge in [0.05, 0.1) is 24.0 Å². The third kappa shape index (κ3) is 2.88. The summed E-state index contributed by atoms with van der Waals surface area (Å²) in [5.74, 6) is 0.803. The second-order valence-corrected chi connectivity index (χ2v) is 3.29. The van der Waals surface area contributed by atoms with Crippen molar-refractivity contribution >= 4 is 12.0 Å². The number of para-hydroxylation sites is 1. The van der Waals surface area contributed by atoms with Crippen LogP contribution in [-0.4, -0.2) is 14.2 Å². The Morgan fingerprint density at radius 3 is 2.79 bits per heavy atom. The molecule has 1 rings (SSSR count). The molecular weight excluding hydrogens is 202 g/mol. The van der Waals surface area contributed by atoms with Crippen LogP contribution in [0.1, 0.15) is 5.56 Å². The van der Waals surface area contributed by atoms with Crippen LogP contribution in [0.5, 0.6) is 5.75 Å². The fraction of sp³-hybridized carbons (Fsp3) is 0.333. The lowest BCUT2D eigenvalue weighted by Gasteiger charge is -2.08. The molecule has 0 saturated carbocycles. The molecule has 0 saturated heterocycles. The molecule has 0 aliphatic rings. The van der Waals surface area contributed by atoms with E-state index in [0.29, 0.717) is 0 Å². The molecule has 0 amide bonds. The smallest absolute Gasteiger partial charge is 0.137 e. The van der Waals surface area contributed by atoms with E-state index in [1.165, 1.54) is 0 Å². The van der Waals surface area contributed by atoms with E-state index in [1.54, 1.807) is 14.2 Å². The van der Waals surface area contributed by atoms with Crippen LogP contribution >= 0.6 is 12.0 Å². The van der Waals surface area contributed by atoms with Gasteiger partial charge < -0.3 is 4.74 Å². The molecule has 1 N–H and O–H groups in total. The topological polar surface area (TPSA) is 39.7 Å². The number of nitrogens with one attached hydrogen (secondary N) is 1. The van der Waals surface area contributed by atoms with Gasteiger partial charge in [0.2, 0.25) is 0 Å². The second-order valence-electron chi connectivity index (χ2n) is 2.55. The Labute approximate surface area is 87.6 Å². The van der Waals surface area contributed by atoms with E-state index in [1.807, 2.05) is 25.1 Å². The summed E-state index contributed by atoms with van der Waals surface area (Å²) in [6, 6.07) is 5.81. The molecule has 78 valence electrons. The van der Waals surface area contributed by atoms with E-state index in [0.717, 1.165) is 28.3 Å². The highest BCUT2D eigenvalue weighted by atomic mass is 32.2. The lowest BCUT2D eigenvalue weighted by Crippen LogP contribution is -2.04. The van der Waals surface area contributed by atoms with Crippen molar-refractivity contribution in [3.05, 3.63) is 23.8 Å². The number of benzene rings is 1. The van der Waals surface area contributed by atoms with Crippen LogP contribution in [0.3, 0.4) is 0 Å². The first-order valence-corrected chi connectivity index (χ1v) is 4.84. The fourth-order valence-electron chi connectivity index (χ4n) is 1.04. The van der Waals surface area contributed by atoms with Gasteiger partial charge in [0.25, 0.3) is 0 Å². The second kappa shape index (κ2) is 5.87. The molecule has 0 aliphatic carbocycles. The maximum atomic E-state index is 5.23. The first-order valence-electron chi connectivity index (χ1n) is 4.10. The van der Waals surface area contributed by atoms with Crippen molar-refractivity contribution in [1.82, 2.24) is 5.48 Å².